The molecule has 3 heteroatoms. The smallest absolute Gasteiger partial charge is 0.128 e. The summed E-state index contributed by atoms with van der Waals surface area (Å²) in [4.78, 5) is 7.44. The van der Waals surface area contributed by atoms with Crippen molar-refractivity contribution in [2.75, 3.05) is 24.5 Å². The van der Waals surface area contributed by atoms with Gasteiger partial charge in [0.05, 0.1) is 0 Å². The van der Waals surface area contributed by atoms with Crippen LogP contribution in [0.5, 0.6) is 0 Å². The molecular weight excluding hydrogens is 246 g/mol. The van der Waals surface area contributed by atoms with Crippen molar-refractivity contribution in [2.24, 2.45) is 5.92 Å². The maximum atomic E-state index is 4.92. The maximum absolute atomic E-state index is 4.92. The summed E-state index contributed by atoms with van der Waals surface area (Å²) in [6.07, 6.45) is 9.18. The molecule has 1 aliphatic heterocycles. The van der Waals surface area contributed by atoms with Crippen molar-refractivity contribution in [3.05, 3.63) is 23.4 Å². The zero-order valence-electron chi connectivity index (χ0n) is 12.3. The summed E-state index contributed by atoms with van der Waals surface area (Å²) in [5.41, 5.74) is 2.85. The number of aromatic nitrogens is 1. The molecule has 2 aliphatic carbocycles. The van der Waals surface area contributed by atoms with Gasteiger partial charge in [0.15, 0.2) is 0 Å². The number of pyridine rings is 1. The fraction of sp³-hybridized carbons (Fsp3) is 0.706. The van der Waals surface area contributed by atoms with Gasteiger partial charge in [-0.25, -0.2) is 4.98 Å². The van der Waals surface area contributed by atoms with Crippen molar-refractivity contribution in [3.8, 4) is 0 Å². The van der Waals surface area contributed by atoms with Crippen molar-refractivity contribution < 1.29 is 0 Å². The van der Waals surface area contributed by atoms with Crippen LogP contribution in [0, 0.1) is 5.92 Å². The molecule has 1 atom stereocenters. The van der Waals surface area contributed by atoms with Crippen molar-refractivity contribution >= 4 is 5.82 Å². The molecule has 1 unspecified atom stereocenters. The molecule has 0 aromatic carbocycles. The minimum atomic E-state index is 0.805. The third-order valence-corrected chi connectivity index (χ3v) is 5.03. The van der Waals surface area contributed by atoms with Crippen LogP contribution >= 0.6 is 0 Å². The molecular formula is C17H25N3. The molecule has 1 saturated carbocycles. The molecule has 2 fully saturated rings. The lowest BCUT2D eigenvalue weighted by Gasteiger charge is -2.34. The molecule has 4 rings (SSSR count). The van der Waals surface area contributed by atoms with E-state index in [0.29, 0.717) is 0 Å². The van der Waals surface area contributed by atoms with E-state index in [-0.39, 0.29) is 0 Å². The van der Waals surface area contributed by atoms with Gasteiger partial charge in [0.25, 0.3) is 0 Å². The second-order valence-corrected chi connectivity index (χ2v) is 6.77. The van der Waals surface area contributed by atoms with Crippen LogP contribution in [0.25, 0.3) is 0 Å². The Morgan fingerprint density at radius 1 is 1.15 bits per heavy atom. The Morgan fingerprint density at radius 3 is 3.00 bits per heavy atom. The van der Waals surface area contributed by atoms with Gasteiger partial charge in [0, 0.05) is 24.8 Å². The molecule has 0 bridgehead atoms. The molecule has 20 heavy (non-hydrogen) atoms. The molecule has 1 N–H and O–H groups in total. The highest BCUT2D eigenvalue weighted by Gasteiger charge is 2.25. The molecule has 0 radical (unpaired) electrons. The molecule has 0 amide bonds. The SMILES string of the molecule is c1cc2c(nc1N1CCCC(CNC3CC3)C1)CCC2. The van der Waals surface area contributed by atoms with E-state index in [2.05, 4.69) is 22.3 Å². The first kappa shape index (κ1) is 12.6. The van der Waals surface area contributed by atoms with Crippen LogP contribution in [0.3, 0.4) is 0 Å². The van der Waals surface area contributed by atoms with Gasteiger partial charge in [-0.2, -0.15) is 0 Å². The Morgan fingerprint density at radius 2 is 2.10 bits per heavy atom. The van der Waals surface area contributed by atoms with Gasteiger partial charge in [-0.15, -0.1) is 0 Å². The number of fused-ring (bicyclic) bond motifs is 1. The summed E-state index contributed by atoms with van der Waals surface area (Å²) in [6.45, 7) is 3.57. The maximum Gasteiger partial charge on any atom is 0.128 e. The monoisotopic (exact) mass is 271 g/mol. The van der Waals surface area contributed by atoms with E-state index in [1.807, 2.05) is 0 Å². The number of rotatable bonds is 4. The molecule has 1 saturated heterocycles. The fourth-order valence-electron chi connectivity index (χ4n) is 3.65. The van der Waals surface area contributed by atoms with E-state index in [4.69, 9.17) is 4.98 Å². The van der Waals surface area contributed by atoms with Crippen molar-refractivity contribution in [1.29, 1.82) is 0 Å². The summed E-state index contributed by atoms with van der Waals surface area (Å²) in [5, 5.41) is 3.69. The topological polar surface area (TPSA) is 28.2 Å². The lowest BCUT2D eigenvalue weighted by atomic mass is 9.98. The third-order valence-electron chi connectivity index (χ3n) is 5.03. The van der Waals surface area contributed by atoms with Gasteiger partial charge in [0.2, 0.25) is 0 Å². The Hall–Kier alpha value is -1.09. The second-order valence-electron chi connectivity index (χ2n) is 6.77. The van der Waals surface area contributed by atoms with Crippen LogP contribution in [0.1, 0.15) is 43.4 Å². The lowest BCUT2D eigenvalue weighted by Crippen LogP contribution is -2.40. The highest BCUT2D eigenvalue weighted by Crippen LogP contribution is 2.27. The van der Waals surface area contributed by atoms with Gasteiger partial charge in [0.1, 0.15) is 5.82 Å². The number of anilines is 1. The number of hydrogen-bond donors (Lipinski definition) is 1. The van der Waals surface area contributed by atoms with Crippen LogP contribution in [0.2, 0.25) is 0 Å². The Bertz CT molecular complexity index is 481. The second kappa shape index (κ2) is 5.36. The van der Waals surface area contributed by atoms with Gasteiger partial charge >= 0.3 is 0 Å². The summed E-state index contributed by atoms with van der Waals surface area (Å²) in [5.74, 6) is 2.03. The van der Waals surface area contributed by atoms with Crippen LogP contribution in [-0.2, 0) is 12.8 Å². The molecule has 108 valence electrons. The zero-order valence-corrected chi connectivity index (χ0v) is 12.3. The molecule has 0 spiro atoms. The average molecular weight is 271 g/mol. The Kier molecular flexibility index (Phi) is 3.39. The molecule has 1 aromatic heterocycles. The standard InChI is InChI=1S/C17H25N3/c1-4-14-6-9-17(19-16(14)5-1)20-10-2-3-13(12-20)11-18-15-7-8-15/h6,9,13,15,18H,1-5,7-8,10-12H2. The van der Waals surface area contributed by atoms with E-state index in [1.165, 1.54) is 81.7 Å². The van der Waals surface area contributed by atoms with Crippen LogP contribution in [-0.4, -0.2) is 30.7 Å². The molecule has 2 heterocycles. The van der Waals surface area contributed by atoms with Crippen LogP contribution in [0.4, 0.5) is 5.82 Å². The fourth-order valence-corrected chi connectivity index (χ4v) is 3.65. The van der Waals surface area contributed by atoms with E-state index in [9.17, 15) is 0 Å². The largest absolute Gasteiger partial charge is 0.356 e. The first-order chi connectivity index (χ1) is 9.88. The van der Waals surface area contributed by atoms with Gasteiger partial charge in [-0.05, 0) is 69.0 Å². The normalized spacial score (nSPS) is 25.8. The first-order valence-electron chi connectivity index (χ1n) is 8.35. The average Bonchev–Trinajstić information content (AvgIpc) is 3.20. The number of hydrogen-bond acceptors (Lipinski definition) is 3. The third kappa shape index (κ3) is 2.69. The summed E-state index contributed by atoms with van der Waals surface area (Å²) >= 11 is 0. The number of nitrogens with one attached hydrogen (secondary N) is 1. The summed E-state index contributed by atoms with van der Waals surface area (Å²) in [7, 11) is 0. The lowest BCUT2D eigenvalue weighted by molar-refractivity contribution is 0.389. The van der Waals surface area contributed by atoms with Crippen molar-refractivity contribution in [3.63, 3.8) is 0 Å². The summed E-state index contributed by atoms with van der Waals surface area (Å²) in [6, 6.07) is 5.40. The zero-order chi connectivity index (χ0) is 13.4. The Labute approximate surface area is 121 Å². The number of piperidine rings is 1. The minimum absolute atomic E-state index is 0.805. The van der Waals surface area contributed by atoms with Crippen molar-refractivity contribution in [1.82, 2.24) is 10.3 Å². The van der Waals surface area contributed by atoms with E-state index < -0.39 is 0 Å². The highest BCUT2D eigenvalue weighted by molar-refractivity contribution is 5.43. The molecule has 3 aliphatic rings. The quantitative estimate of drug-likeness (QED) is 0.912. The number of nitrogens with zero attached hydrogens (tertiary/aromatic N) is 2. The van der Waals surface area contributed by atoms with Gasteiger partial charge in [-0.1, -0.05) is 6.07 Å². The number of aryl methyl sites for hydroxylation is 2. The Balaban J connectivity index is 1.41. The first-order valence-corrected chi connectivity index (χ1v) is 8.35. The molecule has 3 nitrogen and oxygen atoms in total. The van der Waals surface area contributed by atoms with Gasteiger partial charge < -0.3 is 10.2 Å². The van der Waals surface area contributed by atoms with Crippen LogP contribution in [0.15, 0.2) is 12.1 Å². The van der Waals surface area contributed by atoms with Crippen LogP contribution < -0.4 is 10.2 Å². The van der Waals surface area contributed by atoms with E-state index in [0.717, 1.165) is 12.0 Å². The predicted octanol–water partition coefficient (Wildman–Crippen LogP) is 2.54. The minimum Gasteiger partial charge on any atom is -0.356 e. The van der Waals surface area contributed by atoms with Crippen molar-refractivity contribution in [2.45, 2.75) is 51.0 Å². The van der Waals surface area contributed by atoms with Gasteiger partial charge in [-0.3, -0.25) is 0 Å². The summed E-state index contributed by atoms with van der Waals surface area (Å²) < 4.78 is 0. The molecule has 1 aromatic rings. The highest BCUT2D eigenvalue weighted by atomic mass is 15.2. The van der Waals surface area contributed by atoms with E-state index >= 15 is 0 Å². The van der Waals surface area contributed by atoms with E-state index in [1.54, 1.807) is 0 Å². The predicted molar refractivity (Wildman–Crippen MR) is 82.2 cm³/mol.